The molecular weight excluding hydrogens is 310 g/mol. The maximum Gasteiger partial charge on any atom is 0.345 e. The third kappa shape index (κ3) is 2.44. The highest BCUT2D eigenvalue weighted by Crippen LogP contribution is 2.38. The van der Waals surface area contributed by atoms with Gasteiger partial charge in [-0.3, -0.25) is 9.63 Å². The first-order valence-corrected chi connectivity index (χ1v) is 8.25. The molecule has 0 unspecified atom stereocenters. The summed E-state index contributed by atoms with van der Waals surface area (Å²) in [6.45, 7) is 1.36. The minimum atomic E-state index is -0.403. The molecular formula is C17H21N3O4. The van der Waals surface area contributed by atoms with Crippen LogP contribution in [0.25, 0.3) is 0 Å². The summed E-state index contributed by atoms with van der Waals surface area (Å²) in [5.41, 5.74) is 1.01. The van der Waals surface area contributed by atoms with Crippen molar-refractivity contribution >= 4 is 11.9 Å². The lowest BCUT2D eigenvalue weighted by atomic mass is 9.86. The highest BCUT2D eigenvalue weighted by Gasteiger charge is 2.57. The van der Waals surface area contributed by atoms with Crippen LogP contribution in [0.5, 0.6) is 0 Å². The van der Waals surface area contributed by atoms with Gasteiger partial charge in [-0.2, -0.15) is 5.06 Å². The van der Waals surface area contributed by atoms with Crippen molar-refractivity contribution in [2.75, 3.05) is 20.3 Å². The zero-order chi connectivity index (χ0) is 16.7. The van der Waals surface area contributed by atoms with Crippen molar-refractivity contribution in [1.82, 2.24) is 15.3 Å². The van der Waals surface area contributed by atoms with Crippen molar-refractivity contribution in [3.8, 4) is 0 Å². The molecule has 0 aliphatic carbocycles. The van der Waals surface area contributed by atoms with Crippen LogP contribution in [0, 0.1) is 5.92 Å². The second-order valence-electron chi connectivity index (χ2n) is 6.59. The molecule has 24 heavy (non-hydrogen) atoms. The first kappa shape index (κ1) is 15.4. The molecule has 3 aliphatic rings. The van der Waals surface area contributed by atoms with E-state index in [2.05, 4.69) is 5.32 Å². The third-order valence-electron chi connectivity index (χ3n) is 5.13. The minimum Gasteiger partial charge on any atom is -0.383 e. The number of ether oxygens (including phenoxy) is 1. The van der Waals surface area contributed by atoms with Crippen molar-refractivity contribution in [3.05, 3.63) is 35.9 Å². The number of hydroxylamine groups is 2. The summed E-state index contributed by atoms with van der Waals surface area (Å²) in [5.74, 6) is -0.00997. The van der Waals surface area contributed by atoms with Crippen molar-refractivity contribution in [1.29, 1.82) is 0 Å². The molecule has 3 amide bonds. The smallest absolute Gasteiger partial charge is 0.345 e. The van der Waals surface area contributed by atoms with Gasteiger partial charge in [0.05, 0.1) is 18.7 Å². The molecule has 0 spiro atoms. The topological polar surface area (TPSA) is 71.1 Å². The molecule has 3 heterocycles. The lowest BCUT2D eigenvalue weighted by Crippen LogP contribution is -2.48. The van der Waals surface area contributed by atoms with Gasteiger partial charge in [-0.1, -0.05) is 30.3 Å². The molecule has 0 radical (unpaired) electrons. The van der Waals surface area contributed by atoms with E-state index in [-0.39, 0.29) is 29.9 Å². The Morgan fingerprint density at radius 1 is 1.25 bits per heavy atom. The molecule has 0 saturated carbocycles. The average Bonchev–Trinajstić information content (AvgIpc) is 3.03. The molecule has 7 nitrogen and oxygen atoms in total. The number of amides is 3. The first-order valence-electron chi connectivity index (χ1n) is 8.25. The summed E-state index contributed by atoms with van der Waals surface area (Å²) >= 11 is 0. The van der Waals surface area contributed by atoms with Gasteiger partial charge in [0.15, 0.2) is 0 Å². The Balaban J connectivity index is 1.49. The highest BCUT2D eigenvalue weighted by atomic mass is 16.7. The fourth-order valence-corrected chi connectivity index (χ4v) is 4.06. The molecule has 0 aromatic heterocycles. The standard InChI is InChI=1S/C17H21N3O4/c1-23-10-14-13-7-12-8-19(15(13)16(21)18-14)17(22)20(12)24-9-11-5-3-2-4-6-11/h2-6,12-15H,7-10H2,1H3,(H,18,21)/t12-,13+,14+,15+/m1/s1. The Labute approximate surface area is 140 Å². The normalized spacial score (nSPS) is 31.4. The van der Waals surface area contributed by atoms with Gasteiger partial charge in [-0.25, -0.2) is 4.79 Å². The molecule has 4 atom stereocenters. The Hall–Kier alpha value is -2.12. The predicted molar refractivity (Wildman–Crippen MR) is 84.7 cm³/mol. The fraction of sp³-hybridized carbons (Fsp3) is 0.529. The molecule has 3 fully saturated rings. The molecule has 1 N–H and O–H groups in total. The van der Waals surface area contributed by atoms with E-state index in [4.69, 9.17) is 9.57 Å². The van der Waals surface area contributed by atoms with E-state index in [1.165, 1.54) is 5.06 Å². The van der Waals surface area contributed by atoms with Crippen LogP contribution in [0.4, 0.5) is 4.79 Å². The van der Waals surface area contributed by atoms with Gasteiger partial charge in [-0.15, -0.1) is 0 Å². The second kappa shape index (κ2) is 6.07. The molecule has 2 bridgehead atoms. The van der Waals surface area contributed by atoms with E-state index in [1.807, 2.05) is 30.3 Å². The fourth-order valence-electron chi connectivity index (χ4n) is 4.06. The number of carbonyl (C=O) groups excluding carboxylic acids is 2. The number of urea groups is 1. The van der Waals surface area contributed by atoms with Gasteiger partial charge in [0.25, 0.3) is 0 Å². The van der Waals surface area contributed by atoms with Crippen LogP contribution in [0.3, 0.4) is 0 Å². The zero-order valence-corrected chi connectivity index (χ0v) is 13.6. The maximum absolute atomic E-state index is 12.7. The molecule has 1 aromatic carbocycles. The van der Waals surface area contributed by atoms with Gasteiger partial charge in [0.1, 0.15) is 12.6 Å². The van der Waals surface area contributed by atoms with E-state index in [1.54, 1.807) is 12.0 Å². The summed E-state index contributed by atoms with van der Waals surface area (Å²) in [5, 5.41) is 4.42. The monoisotopic (exact) mass is 331 g/mol. The summed E-state index contributed by atoms with van der Waals surface area (Å²) in [6.07, 6.45) is 0.745. The number of carbonyl (C=O) groups is 2. The lowest BCUT2D eigenvalue weighted by molar-refractivity contribution is -0.142. The van der Waals surface area contributed by atoms with Crippen LogP contribution in [0.1, 0.15) is 12.0 Å². The molecule has 7 heteroatoms. The Kier molecular flexibility index (Phi) is 3.90. The number of fused-ring (bicyclic) bond motifs is 4. The zero-order valence-electron chi connectivity index (χ0n) is 13.6. The number of hydrogen-bond donors (Lipinski definition) is 1. The summed E-state index contributed by atoms with van der Waals surface area (Å²) in [7, 11) is 1.62. The molecule has 4 rings (SSSR count). The van der Waals surface area contributed by atoms with Crippen LogP contribution in [-0.4, -0.2) is 60.3 Å². The predicted octanol–water partition coefficient (Wildman–Crippen LogP) is 0.758. The summed E-state index contributed by atoms with van der Waals surface area (Å²) in [4.78, 5) is 32.4. The largest absolute Gasteiger partial charge is 0.383 e. The molecule has 3 aliphatic heterocycles. The first-order chi connectivity index (χ1) is 11.7. The Morgan fingerprint density at radius 2 is 2.04 bits per heavy atom. The maximum atomic E-state index is 12.7. The van der Waals surface area contributed by atoms with Gasteiger partial charge < -0.3 is 15.0 Å². The number of methoxy groups -OCH3 is 1. The van der Waals surface area contributed by atoms with Crippen LogP contribution < -0.4 is 5.32 Å². The van der Waals surface area contributed by atoms with E-state index in [0.29, 0.717) is 19.8 Å². The quantitative estimate of drug-likeness (QED) is 0.865. The highest BCUT2D eigenvalue weighted by molar-refractivity contribution is 5.91. The summed E-state index contributed by atoms with van der Waals surface area (Å²) < 4.78 is 5.21. The van der Waals surface area contributed by atoms with Crippen LogP contribution in [0.15, 0.2) is 30.3 Å². The average molecular weight is 331 g/mol. The number of benzene rings is 1. The molecule has 1 aromatic rings. The van der Waals surface area contributed by atoms with E-state index < -0.39 is 6.04 Å². The Bertz CT molecular complexity index is 638. The number of nitrogens with zero attached hydrogens (tertiary/aromatic N) is 2. The minimum absolute atomic E-state index is 0.0190. The molecule has 128 valence electrons. The van der Waals surface area contributed by atoms with E-state index in [9.17, 15) is 9.59 Å². The van der Waals surface area contributed by atoms with Crippen LogP contribution in [0.2, 0.25) is 0 Å². The second-order valence-corrected chi connectivity index (χ2v) is 6.59. The van der Waals surface area contributed by atoms with Crippen LogP contribution >= 0.6 is 0 Å². The van der Waals surface area contributed by atoms with Crippen molar-refractivity contribution in [2.24, 2.45) is 5.92 Å². The SMILES string of the molecule is COC[C@@H]1NC(=O)[C@@H]2[C@H]1C[C@@H]1CN2C(=O)N1OCc1ccccc1. The van der Waals surface area contributed by atoms with E-state index >= 15 is 0 Å². The molecule has 3 saturated heterocycles. The van der Waals surface area contributed by atoms with Crippen molar-refractivity contribution < 1.29 is 19.2 Å². The summed E-state index contributed by atoms with van der Waals surface area (Å²) in [6, 6.07) is 9.07. The van der Waals surface area contributed by atoms with Gasteiger partial charge in [0, 0.05) is 19.6 Å². The number of hydrogen-bond acceptors (Lipinski definition) is 4. The van der Waals surface area contributed by atoms with Gasteiger partial charge >= 0.3 is 6.03 Å². The Morgan fingerprint density at radius 3 is 2.79 bits per heavy atom. The third-order valence-corrected chi connectivity index (χ3v) is 5.13. The number of nitrogens with one attached hydrogen (secondary N) is 1. The van der Waals surface area contributed by atoms with Gasteiger partial charge in [-0.05, 0) is 12.0 Å². The lowest BCUT2D eigenvalue weighted by Gasteiger charge is -2.32. The van der Waals surface area contributed by atoms with E-state index in [0.717, 1.165) is 12.0 Å². The number of rotatable bonds is 5. The van der Waals surface area contributed by atoms with Gasteiger partial charge in [0.2, 0.25) is 5.91 Å². The van der Waals surface area contributed by atoms with Crippen molar-refractivity contribution in [2.45, 2.75) is 31.2 Å². The van der Waals surface area contributed by atoms with Crippen LogP contribution in [-0.2, 0) is 21.0 Å². The number of piperidine rings is 1. The van der Waals surface area contributed by atoms with Crippen molar-refractivity contribution in [3.63, 3.8) is 0 Å².